The maximum atomic E-state index is 10.00. The maximum Gasteiger partial charge on any atom is 0.0989 e. The number of nitrogens with zero attached hydrogens (tertiary/aromatic N) is 1. The van der Waals surface area contributed by atoms with E-state index in [4.69, 9.17) is 11.6 Å². The van der Waals surface area contributed by atoms with Gasteiger partial charge in [0.25, 0.3) is 0 Å². The number of aliphatic hydroxyl groups is 1. The minimum Gasteiger partial charge on any atom is -0.384 e. The van der Waals surface area contributed by atoms with Gasteiger partial charge in [0, 0.05) is 28.7 Å². The summed E-state index contributed by atoms with van der Waals surface area (Å²) in [5.74, 6) is 0. The summed E-state index contributed by atoms with van der Waals surface area (Å²) in [5.41, 5.74) is 1.06. The van der Waals surface area contributed by atoms with Gasteiger partial charge in [-0.15, -0.1) is 0 Å². The molecule has 0 unspecified atom stereocenters. The first-order valence-corrected chi connectivity index (χ1v) is 5.26. The van der Waals surface area contributed by atoms with Crippen molar-refractivity contribution in [1.29, 1.82) is 0 Å². The first kappa shape index (κ1) is 10.5. The van der Waals surface area contributed by atoms with Gasteiger partial charge in [0.05, 0.1) is 5.60 Å². The molecule has 15 heavy (non-hydrogen) atoms. The molecule has 1 aromatic carbocycles. The molecule has 3 heteroatoms. The van der Waals surface area contributed by atoms with Crippen LogP contribution in [0.25, 0.3) is 10.9 Å². The second-order valence-corrected chi connectivity index (χ2v) is 4.73. The quantitative estimate of drug-likeness (QED) is 0.790. The predicted molar refractivity (Wildman–Crippen MR) is 63.2 cm³/mol. The van der Waals surface area contributed by atoms with E-state index in [9.17, 15) is 5.11 Å². The summed E-state index contributed by atoms with van der Waals surface area (Å²) in [6.45, 7) is 3.55. The van der Waals surface area contributed by atoms with Crippen LogP contribution in [0, 0.1) is 0 Å². The summed E-state index contributed by atoms with van der Waals surface area (Å²) >= 11 is 6.10. The Bertz CT molecular complexity index is 508. The third-order valence-corrected chi connectivity index (χ3v) is 2.99. The van der Waals surface area contributed by atoms with Gasteiger partial charge in [0.1, 0.15) is 0 Å². The normalized spacial score (nSPS) is 12.3. The number of rotatable bonds is 1. The highest BCUT2D eigenvalue weighted by Crippen LogP contribution is 2.30. The Morgan fingerprint density at radius 1 is 1.33 bits per heavy atom. The zero-order chi connectivity index (χ0) is 11.2. The van der Waals surface area contributed by atoms with Gasteiger partial charge in [-0.25, -0.2) is 0 Å². The van der Waals surface area contributed by atoms with Crippen molar-refractivity contribution in [3.05, 3.63) is 35.0 Å². The lowest BCUT2D eigenvalue weighted by atomic mass is 10.1. The van der Waals surface area contributed by atoms with Gasteiger partial charge in [-0.2, -0.15) is 0 Å². The van der Waals surface area contributed by atoms with Crippen molar-refractivity contribution < 1.29 is 5.11 Å². The van der Waals surface area contributed by atoms with Gasteiger partial charge < -0.3 is 9.67 Å². The summed E-state index contributed by atoms with van der Waals surface area (Å²) in [7, 11) is 1.94. The molecule has 0 aliphatic carbocycles. The summed E-state index contributed by atoms with van der Waals surface area (Å²) in [5, 5.41) is 11.7. The van der Waals surface area contributed by atoms with E-state index in [1.165, 1.54) is 0 Å². The van der Waals surface area contributed by atoms with Crippen LogP contribution in [0.15, 0.2) is 24.3 Å². The Morgan fingerprint density at radius 2 is 2.00 bits per heavy atom. The molecule has 1 heterocycles. The standard InChI is InChI=1S/C12H14ClNO/c1-12(2,15)11-7-8-9(13)5-4-6-10(8)14(11)3/h4-7,15H,1-3H3. The zero-order valence-electron chi connectivity index (χ0n) is 9.08. The molecule has 2 nitrogen and oxygen atoms in total. The number of aromatic nitrogens is 1. The average Bonchev–Trinajstić information content (AvgIpc) is 2.45. The van der Waals surface area contributed by atoms with E-state index < -0.39 is 5.60 Å². The molecule has 1 N–H and O–H groups in total. The first-order chi connectivity index (χ1) is 6.91. The highest BCUT2D eigenvalue weighted by atomic mass is 35.5. The highest BCUT2D eigenvalue weighted by molar-refractivity contribution is 6.35. The zero-order valence-corrected chi connectivity index (χ0v) is 9.84. The van der Waals surface area contributed by atoms with Crippen LogP contribution in [-0.4, -0.2) is 9.67 Å². The molecule has 0 aliphatic rings. The fourth-order valence-corrected chi connectivity index (χ4v) is 2.14. The van der Waals surface area contributed by atoms with Crippen molar-refractivity contribution in [3.63, 3.8) is 0 Å². The minimum atomic E-state index is -0.850. The molecule has 0 spiro atoms. The third-order valence-electron chi connectivity index (χ3n) is 2.66. The van der Waals surface area contributed by atoms with Crippen LogP contribution in [0.1, 0.15) is 19.5 Å². The Morgan fingerprint density at radius 3 is 2.53 bits per heavy atom. The molecule has 0 saturated carbocycles. The van der Waals surface area contributed by atoms with Crippen molar-refractivity contribution in [1.82, 2.24) is 4.57 Å². The monoisotopic (exact) mass is 223 g/mol. The second kappa shape index (κ2) is 3.26. The molecule has 0 bridgehead atoms. The minimum absolute atomic E-state index is 0.721. The topological polar surface area (TPSA) is 25.2 Å². The molecule has 0 aliphatic heterocycles. The van der Waals surface area contributed by atoms with Crippen LogP contribution < -0.4 is 0 Å². The predicted octanol–water partition coefficient (Wildman–Crippen LogP) is 3.06. The van der Waals surface area contributed by atoms with Gasteiger partial charge in [-0.3, -0.25) is 0 Å². The Kier molecular flexibility index (Phi) is 2.28. The molecule has 2 aromatic rings. The van der Waals surface area contributed by atoms with Crippen LogP contribution in [0.5, 0.6) is 0 Å². The van der Waals surface area contributed by atoms with Gasteiger partial charge in [-0.1, -0.05) is 17.7 Å². The van der Waals surface area contributed by atoms with E-state index in [0.29, 0.717) is 0 Å². The molecule has 80 valence electrons. The molecule has 0 fully saturated rings. The lowest BCUT2D eigenvalue weighted by Crippen LogP contribution is -2.19. The molecule has 0 amide bonds. The molecule has 2 rings (SSSR count). The van der Waals surface area contributed by atoms with Gasteiger partial charge in [-0.05, 0) is 32.0 Å². The first-order valence-electron chi connectivity index (χ1n) is 4.88. The lowest BCUT2D eigenvalue weighted by Gasteiger charge is -2.18. The molecular weight excluding hydrogens is 210 g/mol. The average molecular weight is 224 g/mol. The van der Waals surface area contributed by atoms with Gasteiger partial charge in [0.15, 0.2) is 0 Å². The summed E-state index contributed by atoms with van der Waals surface area (Å²) in [6.07, 6.45) is 0. The van der Waals surface area contributed by atoms with E-state index in [2.05, 4.69) is 0 Å². The van der Waals surface area contributed by atoms with E-state index in [1.54, 1.807) is 13.8 Å². The van der Waals surface area contributed by atoms with E-state index in [-0.39, 0.29) is 0 Å². The molecular formula is C12H14ClNO. The van der Waals surface area contributed by atoms with Crippen LogP contribution in [-0.2, 0) is 12.6 Å². The van der Waals surface area contributed by atoms with Gasteiger partial charge >= 0.3 is 0 Å². The van der Waals surface area contributed by atoms with Crippen molar-refractivity contribution >= 4 is 22.5 Å². The van der Waals surface area contributed by atoms with E-state index >= 15 is 0 Å². The molecule has 0 radical (unpaired) electrons. The molecule has 1 aromatic heterocycles. The van der Waals surface area contributed by atoms with Gasteiger partial charge in [0.2, 0.25) is 0 Å². The number of fused-ring (bicyclic) bond motifs is 1. The fourth-order valence-electron chi connectivity index (χ4n) is 1.91. The Labute approximate surface area is 94.1 Å². The van der Waals surface area contributed by atoms with Crippen molar-refractivity contribution in [2.45, 2.75) is 19.4 Å². The van der Waals surface area contributed by atoms with Crippen molar-refractivity contribution in [2.24, 2.45) is 7.05 Å². The fraction of sp³-hybridized carbons (Fsp3) is 0.333. The number of hydrogen-bond acceptors (Lipinski definition) is 1. The number of halogens is 1. The highest BCUT2D eigenvalue weighted by Gasteiger charge is 2.21. The number of aryl methyl sites for hydroxylation is 1. The largest absolute Gasteiger partial charge is 0.384 e. The summed E-state index contributed by atoms with van der Waals surface area (Å²) in [4.78, 5) is 0. The SMILES string of the molecule is Cn1c(C(C)(C)O)cc2c(Cl)cccc21. The maximum absolute atomic E-state index is 10.00. The van der Waals surface area contributed by atoms with Crippen LogP contribution in [0.2, 0.25) is 5.02 Å². The van der Waals surface area contributed by atoms with Crippen LogP contribution in [0.3, 0.4) is 0 Å². The lowest BCUT2D eigenvalue weighted by molar-refractivity contribution is 0.0712. The summed E-state index contributed by atoms with van der Waals surface area (Å²) in [6, 6.07) is 7.71. The van der Waals surface area contributed by atoms with E-state index in [1.807, 2.05) is 35.9 Å². The Hall–Kier alpha value is -0.990. The summed E-state index contributed by atoms with van der Waals surface area (Å²) < 4.78 is 1.97. The molecule has 0 atom stereocenters. The van der Waals surface area contributed by atoms with Crippen molar-refractivity contribution in [2.75, 3.05) is 0 Å². The van der Waals surface area contributed by atoms with Crippen molar-refractivity contribution in [3.8, 4) is 0 Å². The van der Waals surface area contributed by atoms with Crippen LogP contribution >= 0.6 is 11.6 Å². The number of hydrogen-bond donors (Lipinski definition) is 1. The second-order valence-electron chi connectivity index (χ2n) is 4.32. The third kappa shape index (κ3) is 1.64. The van der Waals surface area contributed by atoms with E-state index in [0.717, 1.165) is 21.6 Å². The number of benzene rings is 1. The Balaban J connectivity index is 2.81. The van der Waals surface area contributed by atoms with Crippen LogP contribution in [0.4, 0.5) is 0 Å². The smallest absolute Gasteiger partial charge is 0.0989 e. The molecule has 0 saturated heterocycles.